The molecule has 5 nitrogen and oxygen atoms in total. The van der Waals surface area contributed by atoms with Crippen LogP contribution >= 0.6 is 0 Å². The van der Waals surface area contributed by atoms with Gasteiger partial charge in [-0.25, -0.2) is 4.68 Å². The van der Waals surface area contributed by atoms with Crippen LogP contribution in [0.5, 0.6) is 0 Å². The van der Waals surface area contributed by atoms with E-state index >= 15 is 0 Å². The Morgan fingerprint density at radius 2 is 1.94 bits per heavy atom. The Kier molecular flexibility index (Phi) is 6.63. The van der Waals surface area contributed by atoms with Crippen molar-refractivity contribution in [2.45, 2.75) is 37.5 Å². The Labute approximate surface area is 175 Å². The number of nitrogens with one attached hydrogen (secondary N) is 1. The van der Waals surface area contributed by atoms with E-state index in [1.54, 1.807) is 0 Å². The van der Waals surface area contributed by atoms with Gasteiger partial charge in [0.15, 0.2) is 0 Å². The second-order valence-electron chi connectivity index (χ2n) is 7.64. The fourth-order valence-corrected chi connectivity index (χ4v) is 3.33. The molecule has 0 saturated heterocycles. The first kappa shape index (κ1) is 23.1. The number of hydrogen-bond donors (Lipinski definition) is 1. The van der Waals surface area contributed by atoms with E-state index in [4.69, 9.17) is 0 Å². The van der Waals surface area contributed by atoms with Crippen molar-refractivity contribution < 1.29 is 31.1 Å². The molecular weight excluding hydrogens is 426 g/mol. The molecule has 0 unspecified atom stereocenters. The van der Waals surface area contributed by atoms with Crippen molar-refractivity contribution in [2.24, 2.45) is 0 Å². The number of amides is 1. The summed E-state index contributed by atoms with van der Waals surface area (Å²) in [5.41, 5.74) is 0.218. The molecule has 1 aromatic carbocycles. The summed E-state index contributed by atoms with van der Waals surface area (Å²) in [4.78, 5) is 13.7. The summed E-state index contributed by atoms with van der Waals surface area (Å²) >= 11 is 0. The zero-order valence-electron chi connectivity index (χ0n) is 16.7. The zero-order chi connectivity index (χ0) is 22.8. The smallest absolute Gasteiger partial charge is 0.352 e. The van der Waals surface area contributed by atoms with E-state index in [0.29, 0.717) is 12.1 Å². The lowest BCUT2D eigenvalue weighted by Gasteiger charge is -2.18. The normalized spacial score (nSPS) is 14.8. The van der Waals surface area contributed by atoms with Crippen LogP contribution in [0.3, 0.4) is 0 Å². The highest BCUT2D eigenvalue weighted by Crippen LogP contribution is 2.42. The van der Waals surface area contributed by atoms with Crippen LogP contribution in [0, 0.1) is 0 Å². The lowest BCUT2D eigenvalue weighted by molar-refractivity contribution is -0.143. The first-order valence-electron chi connectivity index (χ1n) is 9.75. The Morgan fingerprint density at radius 1 is 1.23 bits per heavy atom. The average molecular weight is 448 g/mol. The molecule has 31 heavy (non-hydrogen) atoms. The molecule has 0 bridgehead atoms. The van der Waals surface area contributed by atoms with Gasteiger partial charge in [-0.05, 0) is 51.1 Å². The molecule has 0 aliphatic heterocycles. The number of halogens is 6. The molecule has 1 aliphatic rings. The minimum absolute atomic E-state index is 0.0238. The first-order chi connectivity index (χ1) is 14.5. The van der Waals surface area contributed by atoms with Gasteiger partial charge in [-0.3, -0.25) is 9.69 Å². The molecule has 1 fully saturated rings. The summed E-state index contributed by atoms with van der Waals surface area (Å²) in [5.74, 6) is -0.422. The molecule has 0 radical (unpaired) electrons. The van der Waals surface area contributed by atoms with E-state index in [1.165, 1.54) is 30.1 Å². The van der Waals surface area contributed by atoms with E-state index in [2.05, 4.69) is 10.4 Å². The van der Waals surface area contributed by atoms with Gasteiger partial charge in [0, 0.05) is 12.5 Å². The van der Waals surface area contributed by atoms with Gasteiger partial charge in [0.1, 0.15) is 0 Å². The van der Waals surface area contributed by atoms with Gasteiger partial charge in [-0.2, -0.15) is 31.4 Å². The number of rotatable bonds is 8. The van der Waals surface area contributed by atoms with E-state index in [0.717, 1.165) is 29.9 Å². The summed E-state index contributed by atoms with van der Waals surface area (Å²) in [7, 11) is 1.35. The van der Waals surface area contributed by atoms with Crippen molar-refractivity contribution in [3.8, 4) is 5.69 Å². The molecule has 0 spiro atoms. The second kappa shape index (κ2) is 8.89. The fraction of sp³-hybridized carbons (Fsp3) is 0.500. The molecule has 1 saturated carbocycles. The maximum atomic E-state index is 13.0. The molecule has 2 aromatic rings. The fourth-order valence-electron chi connectivity index (χ4n) is 3.33. The van der Waals surface area contributed by atoms with Crippen LogP contribution in [0.2, 0.25) is 0 Å². The van der Waals surface area contributed by atoms with Crippen molar-refractivity contribution in [3.63, 3.8) is 0 Å². The standard InChI is InChI=1S/C20H22F6N4O/c1-29(12-19(21,22)23)9-3-8-27-18(31)16-11-28-30(17(16)13-6-7-13)15-5-2-4-14(10-15)20(24,25)26/h2,4-5,10-11,13H,3,6-9,12H2,1H3,(H,27,31). The molecule has 170 valence electrons. The van der Waals surface area contributed by atoms with Crippen molar-refractivity contribution in [2.75, 3.05) is 26.7 Å². The second-order valence-corrected chi connectivity index (χ2v) is 7.64. The van der Waals surface area contributed by atoms with E-state index in [1.807, 2.05) is 0 Å². The number of hydrogen-bond acceptors (Lipinski definition) is 3. The average Bonchev–Trinajstić information content (AvgIpc) is 3.41. The molecule has 1 aliphatic carbocycles. The number of carbonyl (C=O) groups excluding carboxylic acids is 1. The summed E-state index contributed by atoms with van der Waals surface area (Å²) in [5, 5.41) is 6.80. The minimum Gasteiger partial charge on any atom is -0.352 e. The van der Waals surface area contributed by atoms with Crippen LogP contribution in [0.25, 0.3) is 5.69 Å². The monoisotopic (exact) mass is 448 g/mol. The van der Waals surface area contributed by atoms with Gasteiger partial charge < -0.3 is 5.32 Å². The highest BCUT2D eigenvalue weighted by molar-refractivity contribution is 5.95. The lowest BCUT2D eigenvalue weighted by Crippen LogP contribution is -2.34. The van der Waals surface area contributed by atoms with Crippen LogP contribution < -0.4 is 5.32 Å². The van der Waals surface area contributed by atoms with Crippen molar-refractivity contribution in [1.82, 2.24) is 20.0 Å². The van der Waals surface area contributed by atoms with Gasteiger partial charge in [0.25, 0.3) is 5.91 Å². The molecule has 1 amide bonds. The molecular formula is C20H22F6N4O. The Bertz CT molecular complexity index is 917. The number of nitrogens with zero attached hydrogens (tertiary/aromatic N) is 3. The maximum Gasteiger partial charge on any atom is 0.416 e. The van der Waals surface area contributed by atoms with Crippen LogP contribution in [0.4, 0.5) is 26.3 Å². The molecule has 3 rings (SSSR count). The maximum absolute atomic E-state index is 13.0. The molecule has 1 N–H and O–H groups in total. The Morgan fingerprint density at radius 3 is 2.55 bits per heavy atom. The van der Waals surface area contributed by atoms with Gasteiger partial charge in [0.05, 0.1) is 35.2 Å². The van der Waals surface area contributed by atoms with Crippen LogP contribution in [-0.2, 0) is 6.18 Å². The predicted octanol–water partition coefficient (Wildman–Crippen LogP) is 4.38. The molecule has 11 heteroatoms. The quantitative estimate of drug-likeness (QED) is 0.482. The third-order valence-corrected chi connectivity index (χ3v) is 4.88. The summed E-state index contributed by atoms with van der Waals surface area (Å²) in [6.07, 6.45) is -5.55. The lowest BCUT2D eigenvalue weighted by atomic mass is 10.1. The van der Waals surface area contributed by atoms with E-state index in [9.17, 15) is 31.1 Å². The highest BCUT2D eigenvalue weighted by Gasteiger charge is 2.34. The topological polar surface area (TPSA) is 50.2 Å². The van der Waals surface area contributed by atoms with Gasteiger partial charge in [-0.1, -0.05) is 6.07 Å². The third kappa shape index (κ3) is 6.22. The molecule has 0 atom stereocenters. The summed E-state index contributed by atoms with van der Waals surface area (Å²) in [6.45, 7) is -0.713. The Balaban J connectivity index is 1.68. The van der Waals surface area contributed by atoms with Gasteiger partial charge in [-0.15, -0.1) is 0 Å². The first-order valence-corrected chi connectivity index (χ1v) is 9.75. The van der Waals surface area contributed by atoms with Crippen molar-refractivity contribution in [3.05, 3.63) is 47.3 Å². The van der Waals surface area contributed by atoms with E-state index < -0.39 is 30.4 Å². The summed E-state index contributed by atoms with van der Waals surface area (Å²) < 4.78 is 77.5. The molecule has 1 heterocycles. The number of alkyl halides is 6. The summed E-state index contributed by atoms with van der Waals surface area (Å²) in [6, 6.07) is 4.73. The zero-order valence-corrected chi connectivity index (χ0v) is 16.7. The van der Waals surface area contributed by atoms with Crippen LogP contribution in [-0.4, -0.2) is 53.4 Å². The minimum atomic E-state index is -4.50. The van der Waals surface area contributed by atoms with E-state index in [-0.39, 0.29) is 30.3 Å². The van der Waals surface area contributed by atoms with Gasteiger partial charge in [0.2, 0.25) is 0 Å². The number of aromatic nitrogens is 2. The number of carbonyl (C=O) groups is 1. The van der Waals surface area contributed by atoms with Crippen LogP contribution in [0.15, 0.2) is 30.5 Å². The SMILES string of the molecule is CN(CCCNC(=O)c1cnn(-c2cccc(C(F)(F)F)c2)c1C1CC1)CC(F)(F)F. The predicted molar refractivity (Wildman–Crippen MR) is 101 cm³/mol. The van der Waals surface area contributed by atoms with Crippen molar-refractivity contribution in [1.29, 1.82) is 0 Å². The molecule has 1 aromatic heterocycles. The van der Waals surface area contributed by atoms with Crippen molar-refractivity contribution >= 4 is 5.91 Å². The largest absolute Gasteiger partial charge is 0.416 e. The third-order valence-electron chi connectivity index (χ3n) is 4.88. The highest BCUT2D eigenvalue weighted by atomic mass is 19.4. The number of benzene rings is 1. The van der Waals surface area contributed by atoms with Crippen LogP contribution in [0.1, 0.15) is 46.8 Å². The van der Waals surface area contributed by atoms with Gasteiger partial charge >= 0.3 is 12.4 Å². The Hall–Kier alpha value is -2.56.